The molecular formula is C17H13N5O3. The average molecular weight is 335 g/mol. The average Bonchev–Trinajstić information content (AvgIpc) is 3.15. The van der Waals surface area contributed by atoms with Gasteiger partial charge in [-0.3, -0.25) is 15.5 Å². The van der Waals surface area contributed by atoms with E-state index in [0.717, 1.165) is 11.0 Å². The first-order chi connectivity index (χ1) is 12.0. The van der Waals surface area contributed by atoms with Gasteiger partial charge in [-0.2, -0.15) is 0 Å². The number of hydrogen-bond donors (Lipinski definition) is 3. The van der Waals surface area contributed by atoms with E-state index in [1.165, 1.54) is 12.1 Å². The minimum atomic E-state index is -0.478. The van der Waals surface area contributed by atoms with Crippen LogP contribution in [0.5, 0.6) is 0 Å². The van der Waals surface area contributed by atoms with Crippen molar-refractivity contribution in [2.45, 2.75) is 0 Å². The molecule has 0 saturated heterocycles. The summed E-state index contributed by atoms with van der Waals surface area (Å²) >= 11 is 0. The Morgan fingerprint density at radius 2 is 1.92 bits per heavy atom. The summed E-state index contributed by atoms with van der Waals surface area (Å²) in [6, 6.07) is 13.3. The topological polar surface area (TPSA) is 119 Å². The summed E-state index contributed by atoms with van der Waals surface area (Å²) in [5.41, 5.74) is 2.46. The van der Waals surface area contributed by atoms with Crippen molar-refractivity contribution in [3.63, 3.8) is 0 Å². The highest BCUT2D eigenvalue weighted by molar-refractivity contribution is 6.30. The number of hydrogen-bond acceptors (Lipinski definition) is 5. The number of aromatic amines is 1. The van der Waals surface area contributed by atoms with Crippen LogP contribution >= 0.6 is 0 Å². The van der Waals surface area contributed by atoms with Crippen LogP contribution in [0.15, 0.2) is 54.3 Å². The Morgan fingerprint density at radius 1 is 1.20 bits per heavy atom. The molecule has 8 heteroatoms. The molecule has 0 atom stereocenters. The van der Waals surface area contributed by atoms with Gasteiger partial charge in [0.2, 0.25) is 0 Å². The van der Waals surface area contributed by atoms with Gasteiger partial charge in [-0.05, 0) is 24.3 Å². The van der Waals surface area contributed by atoms with Gasteiger partial charge in [-0.25, -0.2) is 4.98 Å². The van der Waals surface area contributed by atoms with Gasteiger partial charge in [-0.1, -0.05) is 12.1 Å². The molecule has 25 heavy (non-hydrogen) atoms. The van der Waals surface area contributed by atoms with Crippen molar-refractivity contribution in [2.75, 3.05) is 11.4 Å². The van der Waals surface area contributed by atoms with Crippen molar-refractivity contribution < 1.29 is 10.0 Å². The molecule has 2 heterocycles. The van der Waals surface area contributed by atoms with E-state index >= 15 is 0 Å². The van der Waals surface area contributed by atoms with Crippen molar-refractivity contribution in [2.24, 2.45) is 0 Å². The summed E-state index contributed by atoms with van der Waals surface area (Å²) in [7, 11) is 0. The molecule has 3 N–H and O–H groups in total. The molecule has 0 spiro atoms. The van der Waals surface area contributed by atoms with Crippen molar-refractivity contribution >= 4 is 33.8 Å². The third-order valence-corrected chi connectivity index (χ3v) is 4.10. The maximum absolute atomic E-state index is 10.8. The second kappa shape index (κ2) is 5.45. The molecule has 0 saturated carbocycles. The Balaban J connectivity index is 1.68. The molecule has 1 aliphatic rings. The van der Waals surface area contributed by atoms with E-state index in [1.54, 1.807) is 17.0 Å². The second-order valence-electron chi connectivity index (χ2n) is 5.63. The fourth-order valence-corrected chi connectivity index (χ4v) is 2.87. The van der Waals surface area contributed by atoms with Crippen LogP contribution in [0.3, 0.4) is 0 Å². The highest BCUT2D eigenvalue weighted by Crippen LogP contribution is 2.31. The maximum atomic E-state index is 10.8. The monoisotopic (exact) mass is 335 g/mol. The number of nitrogens with zero attached hydrogens (tertiary/aromatic N) is 3. The van der Waals surface area contributed by atoms with E-state index in [4.69, 9.17) is 5.41 Å². The maximum Gasteiger partial charge on any atom is 0.269 e. The number of aliphatic hydroxyl groups is 1. The molecule has 0 radical (unpaired) electrons. The Kier molecular flexibility index (Phi) is 3.24. The molecule has 3 aromatic rings. The molecule has 124 valence electrons. The number of aliphatic hydroxyl groups excluding tert-OH is 1. The van der Waals surface area contributed by atoms with E-state index in [-0.39, 0.29) is 23.8 Å². The lowest BCUT2D eigenvalue weighted by molar-refractivity contribution is -0.384. The van der Waals surface area contributed by atoms with Crippen LogP contribution in [0.1, 0.15) is 5.82 Å². The molecule has 0 aliphatic carbocycles. The number of rotatable bonds is 3. The smallest absolute Gasteiger partial charge is 0.269 e. The molecule has 4 rings (SSSR count). The van der Waals surface area contributed by atoms with Crippen molar-refractivity contribution in [1.29, 1.82) is 5.41 Å². The summed E-state index contributed by atoms with van der Waals surface area (Å²) in [6.45, 7) is 0.114. The molecule has 1 aromatic heterocycles. The Labute approximate surface area is 141 Å². The largest absolute Gasteiger partial charge is 0.509 e. The second-order valence-corrected chi connectivity index (χ2v) is 5.63. The zero-order valence-electron chi connectivity index (χ0n) is 12.9. The van der Waals surface area contributed by atoms with Crippen LogP contribution in [-0.2, 0) is 0 Å². The quantitative estimate of drug-likeness (QED) is 0.501. The van der Waals surface area contributed by atoms with Gasteiger partial charge in [0, 0.05) is 17.8 Å². The van der Waals surface area contributed by atoms with Gasteiger partial charge >= 0.3 is 0 Å². The summed E-state index contributed by atoms with van der Waals surface area (Å²) in [4.78, 5) is 19.4. The van der Waals surface area contributed by atoms with Crippen LogP contribution in [-0.4, -0.2) is 32.4 Å². The number of fused-ring (bicyclic) bond motifs is 1. The number of imidazole rings is 1. The number of nitro groups is 1. The normalized spacial score (nSPS) is 14.6. The number of H-pyrrole nitrogens is 1. The first-order valence-electron chi connectivity index (χ1n) is 7.53. The van der Waals surface area contributed by atoms with E-state index in [1.807, 2.05) is 24.3 Å². The van der Waals surface area contributed by atoms with E-state index in [9.17, 15) is 15.2 Å². The van der Waals surface area contributed by atoms with Gasteiger partial charge in [0.05, 0.1) is 28.1 Å². The van der Waals surface area contributed by atoms with Gasteiger partial charge in [0.1, 0.15) is 17.4 Å². The minimum absolute atomic E-state index is 0.0239. The molecular weight excluding hydrogens is 322 g/mol. The first kappa shape index (κ1) is 14.9. The third-order valence-electron chi connectivity index (χ3n) is 4.10. The number of nitro benzene ring substituents is 1. The van der Waals surface area contributed by atoms with E-state index in [2.05, 4.69) is 9.97 Å². The standard InChI is InChI=1S/C17H13N5O3/c18-16-15(17-19-12-3-1-2-4-13(12)20-17)14(23)9-21(16)10-5-7-11(8-6-10)22(24)25/h1-8,18,23H,9H2,(H,19,20). The van der Waals surface area contributed by atoms with E-state index in [0.29, 0.717) is 17.1 Å². The fourth-order valence-electron chi connectivity index (χ4n) is 2.87. The van der Waals surface area contributed by atoms with Crippen LogP contribution in [0.4, 0.5) is 11.4 Å². The number of aromatic nitrogens is 2. The van der Waals surface area contributed by atoms with E-state index < -0.39 is 4.92 Å². The Bertz CT molecular complexity index is 1000. The zero-order chi connectivity index (χ0) is 17.6. The number of benzene rings is 2. The summed E-state index contributed by atoms with van der Waals surface area (Å²) < 4.78 is 0. The molecule has 0 bridgehead atoms. The first-order valence-corrected chi connectivity index (χ1v) is 7.53. The van der Waals surface area contributed by atoms with Crippen molar-refractivity contribution in [3.05, 3.63) is 70.2 Å². The SMILES string of the molecule is N=C1C(c2nc3ccccc3[nH]2)=C(O)CN1c1ccc([N+](=O)[O-])cc1. The predicted molar refractivity (Wildman–Crippen MR) is 93.8 cm³/mol. The van der Waals surface area contributed by atoms with Crippen LogP contribution in [0.25, 0.3) is 16.6 Å². The summed E-state index contributed by atoms with van der Waals surface area (Å²) in [5.74, 6) is 0.543. The molecule has 2 aromatic carbocycles. The number of non-ortho nitro benzene ring substituents is 1. The minimum Gasteiger partial charge on any atom is -0.509 e. The third kappa shape index (κ3) is 2.40. The predicted octanol–water partition coefficient (Wildman–Crippen LogP) is 3.24. The van der Waals surface area contributed by atoms with Crippen molar-refractivity contribution in [1.82, 2.24) is 9.97 Å². The van der Waals surface area contributed by atoms with Crippen molar-refractivity contribution in [3.8, 4) is 0 Å². The van der Waals surface area contributed by atoms with Crippen LogP contribution in [0.2, 0.25) is 0 Å². The lowest BCUT2D eigenvalue weighted by atomic mass is 10.2. The number of anilines is 1. The molecule has 0 unspecified atom stereocenters. The number of para-hydroxylation sites is 2. The lowest BCUT2D eigenvalue weighted by Gasteiger charge is -2.18. The molecule has 8 nitrogen and oxygen atoms in total. The Hall–Kier alpha value is -3.68. The number of amidine groups is 1. The van der Waals surface area contributed by atoms with Gasteiger partial charge in [0.15, 0.2) is 0 Å². The van der Waals surface area contributed by atoms with Gasteiger partial charge in [-0.15, -0.1) is 0 Å². The summed E-state index contributed by atoms with van der Waals surface area (Å²) in [5, 5.41) is 29.5. The molecule has 0 amide bonds. The zero-order valence-corrected chi connectivity index (χ0v) is 12.9. The lowest BCUT2D eigenvalue weighted by Crippen LogP contribution is -2.26. The number of nitrogens with one attached hydrogen (secondary N) is 2. The Morgan fingerprint density at radius 3 is 2.60 bits per heavy atom. The van der Waals surface area contributed by atoms with Crippen LogP contribution < -0.4 is 4.90 Å². The van der Waals surface area contributed by atoms with Crippen LogP contribution in [0, 0.1) is 15.5 Å². The molecule has 0 fully saturated rings. The highest BCUT2D eigenvalue weighted by atomic mass is 16.6. The summed E-state index contributed by atoms with van der Waals surface area (Å²) in [6.07, 6.45) is 0. The molecule has 1 aliphatic heterocycles. The van der Waals surface area contributed by atoms with Gasteiger partial charge in [0.25, 0.3) is 5.69 Å². The van der Waals surface area contributed by atoms with Gasteiger partial charge < -0.3 is 15.0 Å². The highest BCUT2D eigenvalue weighted by Gasteiger charge is 2.31. The fraction of sp³-hybridized carbons (Fsp3) is 0.0588.